The van der Waals surface area contributed by atoms with Gasteiger partial charge in [0.25, 0.3) is 5.91 Å². The second-order valence-corrected chi connectivity index (χ2v) is 7.82. The summed E-state index contributed by atoms with van der Waals surface area (Å²) in [6, 6.07) is 13.7. The molecule has 1 aliphatic rings. The first-order chi connectivity index (χ1) is 15.8. The van der Waals surface area contributed by atoms with Crippen molar-refractivity contribution in [3.63, 3.8) is 0 Å². The third-order valence-electron chi connectivity index (χ3n) is 5.37. The van der Waals surface area contributed by atoms with Gasteiger partial charge in [0.1, 0.15) is 24.4 Å². The van der Waals surface area contributed by atoms with Crippen LogP contribution < -0.4 is 15.4 Å². The molecule has 3 N–H and O–H groups in total. The number of para-hydroxylation sites is 1. The quantitative estimate of drug-likeness (QED) is 0.642. The Morgan fingerprint density at radius 3 is 2.48 bits per heavy atom. The number of benzene rings is 2. The van der Waals surface area contributed by atoms with E-state index in [4.69, 9.17) is 4.74 Å². The van der Waals surface area contributed by atoms with Crippen molar-refractivity contribution < 1.29 is 29.0 Å². The van der Waals surface area contributed by atoms with E-state index in [1.807, 2.05) is 30.3 Å². The van der Waals surface area contributed by atoms with E-state index in [0.29, 0.717) is 6.42 Å². The maximum atomic E-state index is 13.1. The van der Waals surface area contributed by atoms with E-state index in [1.54, 1.807) is 25.2 Å². The van der Waals surface area contributed by atoms with Crippen LogP contribution in [0.3, 0.4) is 0 Å². The molecule has 0 spiro atoms. The average Bonchev–Trinajstić information content (AvgIpc) is 2.81. The zero-order valence-electron chi connectivity index (χ0n) is 18.3. The van der Waals surface area contributed by atoms with E-state index in [2.05, 4.69) is 10.6 Å². The molecule has 1 heterocycles. The number of carbonyl (C=O) groups is 4. The fourth-order valence-corrected chi connectivity index (χ4v) is 3.53. The fraction of sp³-hybridized carbons (Fsp3) is 0.333. The van der Waals surface area contributed by atoms with E-state index >= 15 is 0 Å². The summed E-state index contributed by atoms with van der Waals surface area (Å²) in [5.41, 5.74) is 1.06. The van der Waals surface area contributed by atoms with Crippen LogP contribution in [0.2, 0.25) is 0 Å². The molecule has 3 rings (SSSR count). The van der Waals surface area contributed by atoms with Crippen molar-refractivity contribution in [2.75, 3.05) is 20.2 Å². The molecule has 2 atom stereocenters. The lowest BCUT2D eigenvalue weighted by Crippen LogP contribution is -2.49. The molecule has 0 saturated carbocycles. The van der Waals surface area contributed by atoms with Crippen molar-refractivity contribution >= 4 is 23.7 Å². The highest BCUT2D eigenvalue weighted by atomic mass is 16.5. The smallest absolute Gasteiger partial charge is 0.326 e. The topological polar surface area (TPSA) is 125 Å². The first kappa shape index (κ1) is 23.8. The van der Waals surface area contributed by atoms with Crippen molar-refractivity contribution in [2.24, 2.45) is 0 Å². The highest BCUT2D eigenvalue weighted by Crippen LogP contribution is 2.19. The Morgan fingerprint density at radius 2 is 1.76 bits per heavy atom. The molecule has 0 aliphatic carbocycles. The summed E-state index contributed by atoms with van der Waals surface area (Å²) in [5, 5.41) is 14.7. The Kier molecular flexibility index (Phi) is 8.01. The molecule has 0 saturated heterocycles. The fourth-order valence-electron chi connectivity index (χ4n) is 3.53. The number of aliphatic carboxylic acids is 1. The molecule has 0 fully saturated rings. The summed E-state index contributed by atoms with van der Waals surface area (Å²) < 4.78 is 5.73. The molecule has 0 aromatic heterocycles. The number of ether oxygens (including phenoxy) is 1. The van der Waals surface area contributed by atoms with Crippen molar-refractivity contribution in [1.29, 1.82) is 0 Å². The summed E-state index contributed by atoms with van der Waals surface area (Å²) in [7, 11) is 1.62. The molecule has 9 heteroatoms. The van der Waals surface area contributed by atoms with Crippen LogP contribution in [0.5, 0.6) is 5.75 Å². The number of rotatable bonds is 3. The standard InChI is InChI=1S/C24H27N3O6/c1-27-13-14-33-20-10-6-5-9-17(20)22(29)26-18(24(31)32)11-12-21(28)25-19(23(27)30)15-16-7-3-2-4-8-16/h2-10,18-19H,11-15H2,1H3,(H,25,28)(H,26,29)(H,31,32)/t18-,19+/m0/s1. The summed E-state index contributed by atoms with van der Waals surface area (Å²) in [4.78, 5) is 51.5. The average molecular weight is 453 g/mol. The summed E-state index contributed by atoms with van der Waals surface area (Å²) in [6.45, 7) is 0.342. The molecule has 1 aliphatic heterocycles. The lowest BCUT2D eigenvalue weighted by atomic mass is 10.0. The van der Waals surface area contributed by atoms with E-state index in [9.17, 15) is 24.3 Å². The normalized spacial score (nSPS) is 20.4. The van der Waals surface area contributed by atoms with Gasteiger partial charge in [-0.05, 0) is 24.1 Å². The van der Waals surface area contributed by atoms with Gasteiger partial charge in [0.05, 0.1) is 12.1 Å². The highest BCUT2D eigenvalue weighted by molar-refractivity contribution is 5.99. The minimum atomic E-state index is -1.27. The number of carboxylic acid groups (broad SMARTS) is 1. The van der Waals surface area contributed by atoms with Crippen LogP contribution in [0.25, 0.3) is 0 Å². The first-order valence-corrected chi connectivity index (χ1v) is 10.7. The Labute approximate surface area is 191 Å². The van der Waals surface area contributed by atoms with Crippen LogP contribution in [-0.2, 0) is 20.8 Å². The number of carbonyl (C=O) groups excluding carboxylic acids is 3. The van der Waals surface area contributed by atoms with E-state index < -0.39 is 29.9 Å². The van der Waals surface area contributed by atoms with Gasteiger partial charge in [0.2, 0.25) is 11.8 Å². The zero-order chi connectivity index (χ0) is 23.8. The van der Waals surface area contributed by atoms with Gasteiger partial charge in [0.15, 0.2) is 0 Å². The van der Waals surface area contributed by atoms with Gasteiger partial charge < -0.3 is 25.4 Å². The molecule has 2 aromatic carbocycles. The molecular weight excluding hydrogens is 426 g/mol. The Balaban J connectivity index is 1.86. The molecule has 3 amide bonds. The summed E-state index contributed by atoms with van der Waals surface area (Å²) in [6.07, 6.45) is -0.00572. The van der Waals surface area contributed by atoms with Gasteiger partial charge >= 0.3 is 5.97 Å². The molecule has 174 valence electrons. The second-order valence-electron chi connectivity index (χ2n) is 7.82. The maximum absolute atomic E-state index is 13.1. The molecule has 0 radical (unpaired) electrons. The van der Waals surface area contributed by atoms with Crippen molar-refractivity contribution in [3.8, 4) is 5.75 Å². The summed E-state index contributed by atoms with van der Waals surface area (Å²) >= 11 is 0. The van der Waals surface area contributed by atoms with Crippen molar-refractivity contribution in [2.45, 2.75) is 31.3 Å². The van der Waals surface area contributed by atoms with Crippen LogP contribution in [0.4, 0.5) is 0 Å². The van der Waals surface area contributed by atoms with Gasteiger partial charge in [-0.15, -0.1) is 0 Å². The Hall–Kier alpha value is -3.88. The van der Waals surface area contributed by atoms with Gasteiger partial charge in [-0.3, -0.25) is 14.4 Å². The van der Waals surface area contributed by atoms with Crippen molar-refractivity contribution in [3.05, 3.63) is 65.7 Å². The van der Waals surface area contributed by atoms with Crippen LogP contribution in [0, 0.1) is 0 Å². The number of likely N-dealkylation sites (N-methyl/N-ethyl adjacent to an activating group) is 1. The Bertz CT molecular complexity index is 1010. The molecule has 0 bridgehead atoms. The Morgan fingerprint density at radius 1 is 1.06 bits per heavy atom. The SMILES string of the molecule is CN1CCOc2ccccc2C(=O)N[C@H](C(=O)O)CCC(=O)N[C@H](Cc2ccccc2)C1=O. The molecule has 33 heavy (non-hydrogen) atoms. The van der Waals surface area contributed by atoms with Gasteiger partial charge in [-0.2, -0.15) is 0 Å². The number of hydrogen-bond acceptors (Lipinski definition) is 5. The number of carboxylic acids is 1. The van der Waals surface area contributed by atoms with E-state index in [0.717, 1.165) is 5.56 Å². The predicted molar refractivity (Wildman–Crippen MR) is 120 cm³/mol. The maximum Gasteiger partial charge on any atom is 0.326 e. The third kappa shape index (κ3) is 6.55. The molecule has 2 aromatic rings. The van der Waals surface area contributed by atoms with Gasteiger partial charge in [-0.1, -0.05) is 42.5 Å². The monoisotopic (exact) mass is 453 g/mol. The molecular formula is C24H27N3O6. The largest absolute Gasteiger partial charge is 0.491 e. The third-order valence-corrected chi connectivity index (χ3v) is 5.37. The minimum absolute atomic E-state index is 0.112. The van der Waals surface area contributed by atoms with Gasteiger partial charge in [-0.25, -0.2) is 4.79 Å². The number of nitrogens with zero attached hydrogens (tertiary/aromatic N) is 1. The zero-order valence-corrected chi connectivity index (χ0v) is 18.3. The molecule has 0 unspecified atom stereocenters. The van der Waals surface area contributed by atoms with E-state index in [1.165, 1.54) is 11.0 Å². The summed E-state index contributed by atoms with van der Waals surface area (Å²) in [5.74, 6) is -2.34. The molecule has 9 nitrogen and oxygen atoms in total. The number of hydrogen-bond donors (Lipinski definition) is 3. The lowest BCUT2D eigenvalue weighted by Gasteiger charge is -2.25. The number of amides is 3. The van der Waals surface area contributed by atoms with Crippen LogP contribution in [0.15, 0.2) is 54.6 Å². The van der Waals surface area contributed by atoms with Gasteiger partial charge in [0, 0.05) is 19.9 Å². The minimum Gasteiger partial charge on any atom is -0.491 e. The van der Waals surface area contributed by atoms with Crippen LogP contribution in [-0.4, -0.2) is 66.0 Å². The van der Waals surface area contributed by atoms with Crippen LogP contribution >= 0.6 is 0 Å². The number of nitrogens with one attached hydrogen (secondary N) is 2. The first-order valence-electron chi connectivity index (χ1n) is 10.7. The van der Waals surface area contributed by atoms with Crippen molar-refractivity contribution in [1.82, 2.24) is 15.5 Å². The van der Waals surface area contributed by atoms with Crippen LogP contribution in [0.1, 0.15) is 28.8 Å². The number of fused-ring (bicyclic) bond motifs is 1. The second kappa shape index (κ2) is 11.1. The predicted octanol–water partition coefficient (Wildman–Crippen LogP) is 1.23. The highest BCUT2D eigenvalue weighted by Gasteiger charge is 2.27. The van der Waals surface area contributed by atoms with E-state index in [-0.39, 0.29) is 43.2 Å². The lowest BCUT2D eigenvalue weighted by molar-refractivity contribution is -0.140.